The van der Waals surface area contributed by atoms with Gasteiger partial charge in [0.2, 0.25) is 5.91 Å². The van der Waals surface area contributed by atoms with E-state index in [1.807, 2.05) is 13.0 Å². The number of rotatable bonds is 7. The normalized spacial score (nSPS) is 12.2. The van der Waals surface area contributed by atoms with Gasteiger partial charge in [0.25, 0.3) is 0 Å². The Morgan fingerprint density at radius 3 is 2.89 bits per heavy atom. The number of amides is 1. The topological polar surface area (TPSA) is 38.3 Å². The van der Waals surface area contributed by atoms with E-state index in [9.17, 15) is 9.18 Å². The number of ether oxygens (including phenoxy) is 1. The van der Waals surface area contributed by atoms with Gasteiger partial charge in [0.15, 0.2) is 0 Å². The fourth-order valence-corrected chi connectivity index (χ4v) is 1.71. The largest absolute Gasteiger partial charge is 0.383 e. The maximum atomic E-state index is 12.9. The second-order valence-corrected chi connectivity index (χ2v) is 4.26. The molecule has 0 saturated heterocycles. The molecule has 1 aromatic carbocycles. The van der Waals surface area contributed by atoms with Crippen molar-refractivity contribution in [1.29, 1.82) is 0 Å². The third-order valence-corrected chi connectivity index (χ3v) is 2.76. The number of carbonyl (C=O) groups excluding carboxylic acids is 1. The Morgan fingerprint density at radius 1 is 1.50 bits per heavy atom. The molecule has 0 radical (unpaired) electrons. The molecule has 1 amide bonds. The zero-order valence-electron chi connectivity index (χ0n) is 10.9. The number of halogens is 1. The summed E-state index contributed by atoms with van der Waals surface area (Å²) in [5, 5.41) is 2.89. The third kappa shape index (κ3) is 5.27. The Balaban J connectivity index is 2.36. The van der Waals surface area contributed by atoms with Gasteiger partial charge < -0.3 is 10.1 Å². The first-order chi connectivity index (χ1) is 8.65. The zero-order chi connectivity index (χ0) is 13.4. The second-order valence-electron chi connectivity index (χ2n) is 4.26. The summed E-state index contributed by atoms with van der Waals surface area (Å²) in [6.07, 6.45) is 1.75. The third-order valence-electron chi connectivity index (χ3n) is 2.76. The molecule has 0 aromatic heterocycles. The molecule has 4 heteroatoms. The highest BCUT2D eigenvalue weighted by atomic mass is 19.1. The van der Waals surface area contributed by atoms with Crippen molar-refractivity contribution in [3.8, 4) is 0 Å². The highest BCUT2D eigenvalue weighted by Gasteiger charge is 2.10. The van der Waals surface area contributed by atoms with Crippen molar-refractivity contribution >= 4 is 5.91 Å². The van der Waals surface area contributed by atoms with Crippen molar-refractivity contribution in [2.45, 2.75) is 32.2 Å². The van der Waals surface area contributed by atoms with Crippen LogP contribution in [-0.2, 0) is 16.0 Å². The van der Waals surface area contributed by atoms with Crippen molar-refractivity contribution in [3.05, 3.63) is 35.6 Å². The van der Waals surface area contributed by atoms with Gasteiger partial charge in [-0.05, 0) is 30.5 Å². The van der Waals surface area contributed by atoms with E-state index in [1.54, 1.807) is 13.2 Å². The van der Waals surface area contributed by atoms with Crippen LogP contribution in [-0.4, -0.2) is 25.7 Å². The van der Waals surface area contributed by atoms with Crippen molar-refractivity contribution in [2.75, 3.05) is 13.7 Å². The Kier molecular flexibility index (Phi) is 6.36. The Bertz CT molecular complexity index is 382. The van der Waals surface area contributed by atoms with Gasteiger partial charge in [0.05, 0.1) is 12.6 Å². The Labute approximate surface area is 107 Å². The van der Waals surface area contributed by atoms with Crippen LogP contribution in [0.3, 0.4) is 0 Å². The van der Waals surface area contributed by atoms with Gasteiger partial charge in [-0.3, -0.25) is 4.79 Å². The first-order valence-corrected chi connectivity index (χ1v) is 6.18. The van der Waals surface area contributed by atoms with Crippen LogP contribution in [0.5, 0.6) is 0 Å². The SMILES string of the molecule is CCC(COC)NC(=O)CCc1cccc(F)c1. The first kappa shape index (κ1) is 14.6. The lowest BCUT2D eigenvalue weighted by molar-refractivity contribution is -0.122. The number of nitrogens with one attached hydrogen (secondary N) is 1. The summed E-state index contributed by atoms with van der Waals surface area (Å²) in [7, 11) is 1.61. The number of benzene rings is 1. The van der Waals surface area contributed by atoms with Crippen LogP contribution in [0.15, 0.2) is 24.3 Å². The van der Waals surface area contributed by atoms with Crippen LogP contribution in [0.1, 0.15) is 25.3 Å². The van der Waals surface area contributed by atoms with E-state index in [0.29, 0.717) is 19.4 Å². The van der Waals surface area contributed by atoms with E-state index >= 15 is 0 Å². The average molecular weight is 253 g/mol. The van der Waals surface area contributed by atoms with Crippen LogP contribution >= 0.6 is 0 Å². The summed E-state index contributed by atoms with van der Waals surface area (Å²) in [6, 6.07) is 6.38. The van der Waals surface area contributed by atoms with Gasteiger partial charge >= 0.3 is 0 Å². The summed E-state index contributed by atoms with van der Waals surface area (Å²) in [5.74, 6) is -0.290. The molecule has 0 spiro atoms. The molecule has 1 unspecified atom stereocenters. The van der Waals surface area contributed by atoms with Crippen LogP contribution in [0.25, 0.3) is 0 Å². The van der Waals surface area contributed by atoms with Gasteiger partial charge in [-0.1, -0.05) is 19.1 Å². The van der Waals surface area contributed by atoms with Crippen molar-refractivity contribution in [3.63, 3.8) is 0 Å². The monoisotopic (exact) mass is 253 g/mol. The van der Waals surface area contributed by atoms with Gasteiger partial charge in [0, 0.05) is 13.5 Å². The number of hydrogen-bond acceptors (Lipinski definition) is 2. The lowest BCUT2D eigenvalue weighted by Gasteiger charge is -2.15. The maximum absolute atomic E-state index is 12.9. The zero-order valence-corrected chi connectivity index (χ0v) is 10.9. The highest BCUT2D eigenvalue weighted by Crippen LogP contribution is 2.06. The lowest BCUT2D eigenvalue weighted by Crippen LogP contribution is -2.37. The summed E-state index contributed by atoms with van der Waals surface area (Å²) in [6.45, 7) is 2.51. The molecule has 1 aromatic rings. The molecule has 1 N–H and O–H groups in total. The number of aryl methyl sites for hydroxylation is 1. The van der Waals surface area contributed by atoms with Crippen molar-refractivity contribution in [1.82, 2.24) is 5.32 Å². The van der Waals surface area contributed by atoms with Gasteiger partial charge in [-0.15, -0.1) is 0 Å². The number of hydrogen-bond donors (Lipinski definition) is 1. The summed E-state index contributed by atoms with van der Waals surface area (Å²) in [4.78, 5) is 11.7. The van der Waals surface area contributed by atoms with Gasteiger partial charge in [0.1, 0.15) is 5.82 Å². The molecule has 0 aliphatic rings. The average Bonchev–Trinajstić information content (AvgIpc) is 2.36. The molecule has 0 aliphatic heterocycles. The van der Waals surface area contributed by atoms with Crippen LogP contribution in [0, 0.1) is 5.82 Å². The Hall–Kier alpha value is -1.42. The minimum absolute atomic E-state index is 0.0249. The van der Waals surface area contributed by atoms with Gasteiger partial charge in [-0.2, -0.15) is 0 Å². The van der Waals surface area contributed by atoms with E-state index in [2.05, 4.69) is 5.32 Å². The lowest BCUT2D eigenvalue weighted by atomic mass is 10.1. The Morgan fingerprint density at radius 2 is 2.28 bits per heavy atom. The fourth-order valence-electron chi connectivity index (χ4n) is 1.71. The van der Waals surface area contributed by atoms with Crippen molar-refractivity contribution in [2.24, 2.45) is 0 Å². The van der Waals surface area contributed by atoms with Gasteiger partial charge in [-0.25, -0.2) is 4.39 Å². The highest BCUT2D eigenvalue weighted by molar-refractivity contribution is 5.76. The van der Waals surface area contributed by atoms with E-state index in [1.165, 1.54) is 12.1 Å². The second kappa shape index (κ2) is 7.82. The minimum Gasteiger partial charge on any atom is -0.383 e. The molecule has 3 nitrogen and oxygen atoms in total. The molecule has 0 saturated carbocycles. The standard InChI is InChI=1S/C14H20FNO2/c1-3-13(10-18-2)16-14(17)8-7-11-5-4-6-12(15)9-11/h4-6,9,13H,3,7-8,10H2,1-2H3,(H,16,17). The van der Waals surface area contributed by atoms with E-state index in [0.717, 1.165) is 12.0 Å². The number of carbonyl (C=O) groups is 1. The molecule has 1 atom stereocenters. The summed E-state index contributed by atoms with van der Waals surface area (Å²) in [5.41, 5.74) is 0.838. The molecular formula is C14H20FNO2. The maximum Gasteiger partial charge on any atom is 0.220 e. The molecule has 0 aliphatic carbocycles. The van der Waals surface area contributed by atoms with E-state index in [4.69, 9.17) is 4.74 Å². The summed E-state index contributed by atoms with van der Waals surface area (Å²) >= 11 is 0. The molecule has 100 valence electrons. The predicted octanol–water partition coefficient (Wildman–Crippen LogP) is 2.30. The molecule has 18 heavy (non-hydrogen) atoms. The van der Waals surface area contributed by atoms with Crippen LogP contribution in [0.4, 0.5) is 4.39 Å². The van der Waals surface area contributed by atoms with Crippen molar-refractivity contribution < 1.29 is 13.9 Å². The smallest absolute Gasteiger partial charge is 0.220 e. The molecular weight excluding hydrogens is 233 g/mol. The molecule has 0 heterocycles. The first-order valence-electron chi connectivity index (χ1n) is 6.18. The predicted molar refractivity (Wildman–Crippen MR) is 68.8 cm³/mol. The minimum atomic E-state index is -0.265. The molecule has 0 bridgehead atoms. The van der Waals surface area contributed by atoms with Crippen LogP contribution in [0.2, 0.25) is 0 Å². The summed E-state index contributed by atoms with van der Waals surface area (Å²) < 4.78 is 17.9. The molecule has 0 fully saturated rings. The van der Waals surface area contributed by atoms with Crippen LogP contribution < -0.4 is 5.32 Å². The number of methoxy groups -OCH3 is 1. The quantitative estimate of drug-likeness (QED) is 0.809. The molecule has 1 rings (SSSR count). The van der Waals surface area contributed by atoms with E-state index in [-0.39, 0.29) is 17.8 Å². The fraction of sp³-hybridized carbons (Fsp3) is 0.500. The van der Waals surface area contributed by atoms with E-state index < -0.39 is 0 Å².